The van der Waals surface area contributed by atoms with Gasteiger partial charge in [-0.3, -0.25) is 14.4 Å². The van der Waals surface area contributed by atoms with E-state index in [1.807, 2.05) is 0 Å². The largest absolute Gasteiger partial charge is 0.462 e. The zero-order valence-electron chi connectivity index (χ0n) is 55.5. The Bertz CT molecular complexity index is 1520. The maximum absolute atomic E-state index is 12.9. The standard InChI is InChI=1S/C77H138O6/c1-4-7-10-13-16-19-22-25-28-30-32-33-34-35-36-37-38-39-40-41-42-43-44-45-47-49-52-55-58-61-64-67-70-76(79)82-73-74(72-81-75(78)69-66-63-60-57-54-51-48-27-24-21-18-15-12-9-6-3)83-77(80)71-68-65-62-59-56-53-50-46-31-29-26-23-20-17-14-11-8-5-2/h9,12,18,20-21,23,27,29,31,48,54,57,74H,4-8,10-11,13-17,19,22,24-26,28,30,32-47,49-53,55-56,58-73H2,1-3H3/b12-9-,21-18-,23-20-,31-29-,48-27-,57-54-. The Kier molecular flexibility index (Phi) is 68.6. The van der Waals surface area contributed by atoms with Gasteiger partial charge in [0, 0.05) is 19.3 Å². The minimum Gasteiger partial charge on any atom is -0.462 e. The molecule has 0 radical (unpaired) electrons. The first kappa shape index (κ1) is 79.8. The number of hydrogen-bond donors (Lipinski definition) is 0. The van der Waals surface area contributed by atoms with Crippen LogP contribution in [0.2, 0.25) is 0 Å². The molecule has 0 heterocycles. The maximum Gasteiger partial charge on any atom is 0.306 e. The zero-order valence-corrected chi connectivity index (χ0v) is 55.5. The van der Waals surface area contributed by atoms with E-state index in [2.05, 4.69) is 93.7 Å². The lowest BCUT2D eigenvalue weighted by Gasteiger charge is -2.18. The summed E-state index contributed by atoms with van der Waals surface area (Å²) in [5.74, 6) is -0.921. The van der Waals surface area contributed by atoms with Gasteiger partial charge in [0.2, 0.25) is 0 Å². The third kappa shape index (κ3) is 69.5. The molecule has 0 aromatic rings. The molecule has 6 heteroatoms. The van der Waals surface area contributed by atoms with Gasteiger partial charge in [-0.15, -0.1) is 0 Å². The molecule has 1 atom stereocenters. The van der Waals surface area contributed by atoms with Gasteiger partial charge >= 0.3 is 17.9 Å². The first-order valence-electron chi connectivity index (χ1n) is 36.4. The number of allylic oxidation sites excluding steroid dienone is 12. The summed E-state index contributed by atoms with van der Waals surface area (Å²) >= 11 is 0. The van der Waals surface area contributed by atoms with Crippen molar-refractivity contribution in [1.82, 2.24) is 0 Å². The number of carbonyl (C=O) groups excluding carboxylic acids is 3. The van der Waals surface area contributed by atoms with Crippen LogP contribution in [0.3, 0.4) is 0 Å². The molecule has 0 aliphatic heterocycles. The zero-order chi connectivity index (χ0) is 59.9. The predicted molar refractivity (Wildman–Crippen MR) is 362 cm³/mol. The van der Waals surface area contributed by atoms with E-state index in [1.165, 1.54) is 244 Å². The van der Waals surface area contributed by atoms with Gasteiger partial charge in [0.05, 0.1) is 0 Å². The molecule has 83 heavy (non-hydrogen) atoms. The second kappa shape index (κ2) is 71.3. The molecule has 0 rings (SSSR count). The Labute approximate surface area is 516 Å². The SMILES string of the molecule is CC/C=C\C/C=C\C/C=C\C/C=C\CCCCC(=O)OCC(COC(=O)CCCCCCCCCCCCCCCCCCCCCCCCCCCCCCCCCC)OC(=O)CCCCCCCCC/C=C\C/C=C\CCCCCC. The maximum atomic E-state index is 12.9. The predicted octanol–water partition coefficient (Wildman–Crippen LogP) is 25.2. The summed E-state index contributed by atoms with van der Waals surface area (Å²) in [6.07, 6.45) is 93.9. The van der Waals surface area contributed by atoms with Crippen LogP contribution in [0.25, 0.3) is 0 Å². The summed E-state index contributed by atoms with van der Waals surface area (Å²) in [4.78, 5) is 38.4. The molecule has 0 spiro atoms. The molecule has 0 amide bonds. The second-order valence-electron chi connectivity index (χ2n) is 24.5. The van der Waals surface area contributed by atoms with E-state index in [0.29, 0.717) is 19.3 Å². The lowest BCUT2D eigenvalue weighted by Crippen LogP contribution is -2.30. The number of esters is 3. The Morgan fingerprint density at radius 1 is 0.253 bits per heavy atom. The fourth-order valence-corrected chi connectivity index (χ4v) is 10.8. The monoisotopic (exact) mass is 1160 g/mol. The third-order valence-corrected chi connectivity index (χ3v) is 16.2. The van der Waals surface area contributed by atoms with Crippen LogP contribution in [0.1, 0.15) is 380 Å². The molecule has 0 aromatic carbocycles. The molecule has 0 N–H and O–H groups in total. The highest BCUT2D eigenvalue weighted by molar-refractivity contribution is 5.71. The lowest BCUT2D eigenvalue weighted by molar-refractivity contribution is -0.167. The van der Waals surface area contributed by atoms with Crippen molar-refractivity contribution in [3.63, 3.8) is 0 Å². The fraction of sp³-hybridized carbons (Fsp3) is 0.805. The van der Waals surface area contributed by atoms with Gasteiger partial charge < -0.3 is 14.2 Å². The van der Waals surface area contributed by atoms with Gasteiger partial charge in [0.25, 0.3) is 0 Å². The highest BCUT2D eigenvalue weighted by atomic mass is 16.6. The average molecular weight is 1160 g/mol. The molecular formula is C77H138O6. The minimum absolute atomic E-state index is 0.0890. The minimum atomic E-state index is -0.798. The number of rotatable bonds is 67. The van der Waals surface area contributed by atoms with E-state index >= 15 is 0 Å². The molecule has 0 saturated heterocycles. The highest BCUT2D eigenvalue weighted by Crippen LogP contribution is 2.19. The van der Waals surface area contributed by atoms with Crippen molar-refractivity contribution >= 4 is 17.9 Å². The Morgan fingerprint density at radius 3 is 0.771 bits per heavy atom. The van der Waals surface area contributed by atoms with Crippen molar-refractivity contribution in [2.45, 2.75) is 386 Å². The number of ether oxygens (including phenoxy) is 3. The van der Waals surface area contributed by atoms with Crippen LogP contribution < -0.4 is 0 Å². The first-order valence-corrected chi connectivity index (χ1v) is 36.4. The molecule has 0 saturated carbocycles. The number of carbonyl (C=O) groups is 3. The van der Waals surface area contributed by atoms with E-state index in [1.54, 1.807) is 0 Å². The Hall–Kier alpha value is -3.15. The number of hydrogen-bond acceptors (Lipinski definition) is 6. The van der Waals surface area contributed by atoms with E-state index in [4.69, 9.17) is 14.2 Å². The van der Waals surface area contributed by atoms with Crippen LogP contribution in [0.4, 0.5) is 0 Å². The lowest BCUT2D eigenvalue weighted by atomic mass is 10.0. The van der Waals surface area contributed by atoms with Crippen LogP contribution in [0, 0.1) is 0 Å². The van der Waals surface area contributed by atoms with E-state index in [0.717, 1.165) is 96.3 Å². The Morgan fingerprint density at radius 2 is 0.470 bits per heavy atom. The van der Waals surface area contributed by atoms with Crippen molar-refractivity contribution in [1.29, 1.82) is 0 Å². The van der Waals surface area contributed by atoms with Crippen molar-refractivity contribution in [3.8, 4) is 0 Å². The first-order chi connectivity index (χ1) is 41.0. The summed E-state index contributed by atoms with van der Waals surface area (Å²) in [6.45, 7) is 6.52. The van der Waals surface area contributed by atoms with Crippen molar-refractivity contribution in [2.75, 3.05) is 13.2 Å². The van der Waals surface area contributed by atoms with Gasteiger partial charge in [0.15, 0.2) is 6.10 Å². The van der Waals surface area contributed by atoms with Crippen LogP contribution in [-0.2, 0) is 28.6 Å². The van der Waals surface area contributed by atoms with E-state index < -0.39 is 6.10 Å². The van der Waals surface area contributed by atoms with Crippen LogP contribution >= 0.6 is 0 Å². The van der Waals surface area contributed by atoms with Crippen molar-refractivity contribution in [3.05, 3.63) is 72.9 Å². The molecular weight excluding hydrogens is 1020 g/mol. The summed E-state index contributed by atoms with van der Waals surface area (Å²) < 4.78 is 16.9. The molecule has 482 valence electrons. The molecule has 0 aliphatic rings. The van der Waals surface area contributed by atoms with Gasteiger partial charge in [0.1, 0.15) is 13.2 Å². The van der Waals surface area contributed by atoms with Gasteiger partial charge in [-0.25, -0.2) is 0 Å². The fourth-order valence-electron chi connectivity index (χ4n) is 10.8. The molecule has 0 aromatic heterocycles. The summed E-state index contributed by atoms with van der Waals surface area (Å²) in [7, 11) is 0. The summed E-state index contributed by atoms with van der Waals surface area (Å²) in [5.41, 5.74) is 0. The molecule has 0 fully saturated rings. The van der Waals surface area contributed by atoms with Crippen molar-refractivity contribution in [2.24, 2.45) is 0 Å². The average Bonchev–Trinajstić information content (AvgIpc) is 3.49. The van der Waals surface area contributed by atoms with Gasteiger partial charge in [-0.1, -0.05) is 344 Å². The number of unbranched alkanes of at least 4 members (excludes halogenated alkanes) is 44. The van der Waals surface area contributed by atoms with Crippen LogP contribution in [-0.4, -0.2) is 37.2 Å². The summed E-state index contributed by atoms with van der Waals surface area (Å²) in [5, 5.41) is 0. The summed E-state index contributed by atoms with van der Waals surface area (Å²) in [6, 6.07) is 0. The molecule has 1 unspecified atom stereocenters. The van der Waals surface area contributed by atoms with Gasteiger partial charge in [-0.2, -0.15) is 0 Å². The second-order valence-corrected chi connectivity index (χ2v) is 24.5. The smallest absolute Gasteiger partial charge is 0.306 e. The van der Waals surface area contributed by atoms with Crippen molar-refractivity contribution < 1.29 is 28.6 Å². The van der Waals surface area contributed by atoms with Gasteiger partial charge in [-0.05, 0) is 89.9 Å². The quantitative estimate of drug-likeness (QED) is 0.0261. The van der Waals surface area contributed by atoms with Crippen LogP contribution in [0.15, 0.2) is 72.9 Å². The molecule has 0 aliphatic carbocycles. The molecule has 6 nitrogen and oxygen atoms in total. The normalized spacial score (nSPS) is 12.5. The van der Waals surface area contributed by atoms with Crippen LogP contribution in [0.5, 0.6) is 0 Å². The molecule has 0 bridgehead atoms. The van der Waals surface area contributed by atoms with E-state index in [9.17, 15) is 14.4 Å². The van der Waals surface area contributed by atoms with E-state index in [-0.39, 0.29) is 31.1 Å². The highest BCUT2D eigenvalue weighted by Gasteiger charge is 2.19. The Balaban J connectivity index is 4.20. The third-order valence-electron chi connectivity index (χ3n) is 16.2. The topological polar surface area (TPSA) is 78.9 Å².